The van der Waals surface area contributed by atoms with Gasteiger partial charge in [-0.05, 0) is 43.7 Å². The van der Waals surface area contributed by atoms with E-state index in [4.69, 9.17) is 11.6 Å². The predicted octanol–water partition coefficient (Wildman–Crippen LogP) is 3.48. The van der Waals surface area contributed by atoms with Crippen molar-refractivity contribution in [2.45, 2.75) is 26.8 Å². The molecule has 0 bridgehead atoms. The van der Waals surface area contributed by atoms with Gasteiger partial charge in [0.15, 0.2) is 0 Å². The molecule has 2 aromatic rings. The smallest absolute Gasteiger partial charge is 0.313 e. The molecule has 1 heterocycles. The zero-order valence-electron chi connectivity index (χ0n) is 14.0. The average Bonchev–Trinajstić information content (AvgIpc) is 2.97. The first-order valence-corrected chi connectivity index (χ1v) is 8.71. The largest absolute Gasteiger partial charge is 0.340 e. The van der Waals surface area contributed by atoms with Crippen LogP contribution < -0.4 is 16.0 Å². The third kappa shape index (κ3) is 5.04. The Kier molecular flexibility index (Phi) is 6.17. The molecule has 0 saturated carbocycles. The van der Waals surface area contributed by atoms with Crippen molar-refractivity contribution < 1.29 is 14.4 Å². The van der Waals surface area contributed by atoms with Gasteiger partial charge < -0.3 is 16.0 Å². The van der Waals surface area contributed by atoms with Gasteiger partial charge in [-0.2, -0.15) is 0 Å². The molecule has 0 radical (unpaired) electrons. The molecule has 2 rings (SSSR count). The number of carbonyl (C=O) groups is 3. The first-order chi connectivity index (χ1) is 11.8. The Morgan fingerprint density at radius 2 is 1.68 bits per heavy atom. The first-order valence-electron chi connectivity index (χ1n) is 7.52. The molecule has 0 fully saturated rings. The number of nitrogens with one attached hydrogen (secondary N) is 3. The van der Waals surface area contributed by atoms with Crippen LogP contribution in [0.5, 0.6) is 0 Å². The highest BCUT2D eigenvalue weighted by atomic mass is 35.5. The fraction of sp³-hybridized carbons (Fsp3) is 0.235. The normalized spacial score (nSPS) is 11.5. The lowest BCUT2D eigenvalue weighted by atomic mass is 10.1. The maximum atomic E-state index is 12.1. The van der Waals surface area contributed by atoms with Gasteiger partial charge in [0.05, 0.1) is 10.4 Å². The van der Waals surface area contributed by atoms with Crippen LogP contribution in [0.4, 0.5) is 11.4 Å². The van der Waals surface area contributed by atoms with Crippen LogP contribution in [0.3, 0.4) is 0 Å². The minimum atomic E-state index is -0.780. The Morgan fingerprint density at radius 1 is 1.04 bits per heavy atom. The van der Waals surface area contributed by atoms with Crippen LogP contribution in [0, 0.1) is 6.92 Å². The lowest BCUT2D eigenvalue weighted by Crippen LogP contribution is -2.36. The first kappa shape index (κ1) is 19.0. The lowest BCUT2D eigenvalue weighted by Gasteiger charge is -2.14. The van der Waals surface area contributed by atoms with E-state index in [0.717, 1.165) is 4.88 Å². The molecule has 132 valence electrons. The third-order valence-corrected chi connectivity index (χ3v) is 4.88. The molecular weight excluding hydrogens is 362 g/mol. The lowest BCUT2D eigenvalue weighted by molar-refractivity contribution is -0.136. The summed E-state index contributed by atoms with van der Waals surface area (Å²) >= 11 is 7.22. The Bertz CT molecular complexity index is 819. The Balaban J connectivity index is 2.04. The minimum Gasteiger partial charge on any atom is -0.340 e. The van der Waals surface area contributed by atoms with E-state index >= 15 is 0 Å². The summed E-state index contributed by atoms with van der Waals surface area (Å²) in [7, 11) is 0. The Morgan fingerprint density at radius 3 is 2.24 bits per heavy atom. The number of carbonyl (C=O) groups excluding carboxylic acids is 3. The Labute approximate surface area is 154 Å². The van der Waals surface area contributed by atoms with Crippen molar-refractivity contribution >= 4 is 52.0 Å². The quantitative estimate of drug-likeness (QED) is 0.710. The van der Waals surface area contributed by atoms with Gasteiger partial charge in [-0.1, -0.05) is 17.7 Å². The topological polar surface area (TPSA) is 87.3 Å². The molecule has 8 heteroatoms. The molecule has 25 heavy (non-hydrogen) atoms. The SMILES string of the molecule is CC(=O)Nc1cccc(NC(=O)C(=O)NC(C)c2ccc(Cl)s2)c1C. The van der Waals surface area contributed by atoms with Crippen molar-refractivity contribution in [3.63, 3.8) is 0 Å². The van der Waals surface area contributed by atoms with Gasteiger partial charge in [-0.25, -0.2) is 0 Å². The van der Waals surface area contributed by atoms with E-state index in [1.54, 1.807) is 44.2 Å². The van der Waals surface area contributed by atoms with Crippen LogP contribution in [0.2, 0.25) is 4.34 Å². The molecule has 3 N–H and O–H groups in total. The zero-order valence-corrected chi connectivity index (χ0v) is 15.5. The molecule has 6 nitrogen and oxygen atoms in total. The summed E-state index contributed by atoms with van der Waals surface area (Å²) < 4.78 is 0.617. The maximum absolute atomic E-state index is 12.1. The van der Waals surface area contributed by atoms with Crippen LogP contribution in [-0.2, 0) is 14.4 Å². The molecule has 0 spiro atoms. The van der Waals surface area contributed by atoms with Gasteiger partial charge in [-0.3, -0.25) is 14.4 Å². The highest BCUT2D eigenvalue weighted by molar-refractivity contribution is 7.16. The van der Waals surface area contributed by atoms with Crippen molar-refractivity contribution in [3.8, 4) is 0 Å². The standard InChI is InChI=1S/C17H18ClN3O3S/c1-9-12(20-11(3)22)5-4-6-13(9)21-17(24)16(23)19-10(2)14-7-8-15(18)25-14/h4-8,10H,1-3H3,(H,19,23)(H,20,22)(H,21,24). The molecular formula is C17H18ClN3O3S. The number of rotatable bonds is 4. The van der Waals surface area contributed by atoms with Crippen molar-refractivity contribution in [2.24, 2.45) is 0 Å². The number of thiophene rings is 1. The molecule has 0 aliphatic heterocycles. The van der Waals surface area contributed by atoms with E-state index in [1.165, 1.54) is 18.3 Å². The molecule has 0 aliphatic rings. The summed E-state index contributed by atoms with van der Waals surface area (Å²) in [6, 6.07) is 8.27. The second kappa shape index (κ2) is 8.13. The van der Waals surface area contributed by atoms with Gasteiger partial charge in [0.2, 0.25) is 5.91 Å². The molecule has 1 aromatic heterocycles. The fourth-order valence-corrected chi connectivity index (χ4v) is 3.23. The second-order valence-corrected chi connectivity index (χ2v) is 7.20. The van der Waals surface area contributed by atoms with Crippen molar-refractivity contribution in [3.05, 3.63) is 45.1 Å². The number of anilines is 2. The summed E-state index contributed by atoms with van der Waals surface area (Å²) in [6.45, 7) is 4.92. The fourth-order valence-electron chi connectivity index (χ4n) is 2.17. The average molecular weight is 380 g/mol. The predicted molar refractivity (Wildman–Crippen MR) is 100.0 cm³/mol. The summed E-state index contributed by atoms with van der Waals surface area (Å²) in [4.78, 5) is 36.3. The van der Waals surface area contributed by atoms with Gasteiger partial charge in [-0.15, -0.1) is 11.3 Å². The van der Waals surface area contributed by atoms with Crippen molar-refractivity contribution in [2.75, 3.05) is 10.6 Å². The van der Waals surface area contributed by atoms with Crippen LogP contribution in [-0.4, -0.2) is 17.7 Å². The van der Waals surface area contributed by atoms with Gasteiger partial charge in [0, 0.05) is 23.2 Å². The Hall–Kier alpha value is -2.38. The summed E-state index contributed by atoms with van der Waals surface area (Å²) in [6.07, 6.45) is 0. The number of hydrogen-bond donors (Lipinski definition) is 3. The van der Waals surface area contributed by atoms with E-state index in [1.807, 2.05) is 0 Å². The summed E-state index contributed by atoms with van der Waals surface area (Å²) in [5.41, 5.74) is 1.70. The third-order valence-electron chi connectivity index (χ3n) is 3.47. The highest BCUT2D eigenvalue weighted by Gasteiger charge is 2.19. The summed E-state index contributed by atoms with van der Waals surface area (Å²) in [5, 5.41) is 7.86. The van der Waals surface area contributed by atoms with E-state index in [2.05, 4.69) is 16.0 Å². The van der Waals surface area contributed by atoms with Gasteiger partial charge >= 0.3 is 11.8 Å². The molecule has 3 amide bonds. The molecule has 0 aliphatic carbocycles. The highest BCUT2D eigenvalue weighted by Crippen LogP contribution is 2.27. The van der Waals surface area contributed by atoms with Crippen LogP contribution in [0.1, 0.15) is 30.3 Å². The summed E-state index contributed by atoms with van der Waals surface area (Å²) in [5.74, 6) is -1.74. The van der Waals surface area contributed by atoms with Crippen LogP contribution in [0.25, 0.3) is 0 Å². The molecule has 1 aromatic carbocycles. The zero-order chi connectivity index (χ0) is 18.6. The number of amides is 3. The second-order valence-electron chi connectivity index (χ2n) is 5.45. The van der Waals surface area contributed by atoms with E-state index in [9.17, 15) is 14.4 Å². The van der Waals surface area contributed by atoms with Crippen LogP contribution in [0.15, 0.2) is 30.3 Å². The molecule has 1 unspecified atom stereocenters. The molecule has 0 saturated heterocycles. The van der Waals surface area contributed by atoms with Gasteiger partial charge in [0.1, 0.15) is 0 Å². The minimum absolute atomic E-state index is 0.215. The van der Waals surface area contributed by atoms with E-state index in [-0.39, 0.29) is 11.9 Å². The molecule has 1 atom stereocenters. The van der Waals surface area contributed by atoms with Crippen molar-refractivity contribution in [1.29, 1.82) is 0 Å². The number of hydrogen-bond acceptors (Lipinski definition) is 4. The van der Waals surface area contributed by atoms with Crippen molar-refractivity contribution in [1.82, 2.24) is 5.32 Å². The number of halogens is 1. The van der Waals surface area contributed by atoms with Gasteiger partial charge in [0.25, 0.3) is 0 Å². The van der Waals surface area contributed by atoms with Crippen LogP contribution >= 0.6 is 22.9 Å². The monoisotopic (exact) mass is 379 g/mol. The van der Waals surface area contributed by atoms with E-state index in [0.29, 0.717) is 21.3 Å². The van der Waals surface area contributed by atoms with E-state index < -0.39 is 11.8 Å². The maximum Gasteiger partial charge on any atom is 0.313 e. The number of benzene rings is 1.